The zero-order valence-corrected chi connectivity index (χ0v) is 16.7. The molecule has 2 aromatic rings. The van der Waals surface area contributed by atoms with Gasteiger partial charge in [-0.3, -0.25) is 14.6 Å². The summed E-state index contributed by atoms with van der Waals surface area (Å²) in [6, 6.07) is 16.6. The van der Waals surface area contributed by atoms with Crippen LogP contribution in [-0.2, 0) is 9.59 Å². The number of imide groups is 1. The predicted octanol–water partition coefficient (Wildman–Crippen LogP) is 3.94. The summed E-state index contributed by atoms with van der Waals surface area (Å²) in [5, 5.41) is 3.37. The summed E-state index contributed by atoms with van der Waals surface area (Å²) in [7, 11) is 0. The Balaban J connectivity index is 1.72. The highest BCUT2D eigenvalue weighted by Gasteiger charge is 2.40. The molecule has 146 valence electrons. The molecular formula is C21H23N3O3S. The van der Waals surface area contributed by atoms with Gasteiger partial charge in [0.05, 0.1) is 12.3 Å². The highest BCUT2D eigenvalue weighted by molar-refractivity contribution is 8.15. The second-order valence-corrected chi connectivity index (χ2v) is 7.27. The average Bonchev–Trinajstić information content (AvgIpc) is 2.97. The van der Waals surface area contributed by atoms with Gasteiger partial charge in [0.2, 0.25) is 11.8 Å². The first-order valence-electron chi connectivity index (χ1n) is 9.25. The molecule has 1 aliphatic rings. The van der Waals surface area contributed by atoms with Gasteiger partial charge in [-0.2, -0.15) is 0 Å². The van der Waals surface area contributed by atoms with E-state index in [1.165, 1.54) is 16.7 Å². The van der Waals surface area contributed by atoms with Crippen molar-refractivity contribution in [2.45, 2.75) is 25.5 Å². The number of benzene rings is 2. The number of para-hydroxylation sites is 1. The summed E-state index contributed by atoms with van der Waals surface area (Å²) in [6.45, 7) is 4.98. The van der Waals surface area contributed by atoms with Crippen LogP contribution in [0.1, 0.15) is 20.3 Å². The van der Waals surface area contributed by atoms with Crippen molar-refractivity contribution in [3.8, 4) is 5.75 Å². The van der Waals surface area contributed by atoms with Crippen molar-refractivity contribution >= 4 is 40.1 Å². The quantitative estimate of drug-likeness (QED) is 0.454. The standard InChI is InChI=1S/C21H23N3O3S/c1-3-22-21(23-15-8-6-5-7-9-15)28-18-14-19(25)24(20(18)26)16-10-12-17(13-11-16)27-4-2/h5-13,18H,3-4,14H2,1-2H3,(H,22,23)/t18-/m1/s1. The molecule has 0 spiro atoms. The van der Waals surface area contributed by atoms with Crippen LogP contribution in [-0.4, -0.2) is 35.4 Å². The Labute approximate surface area is 169 Å². The normalized spacial score (nSPS) is 17.1. The third-order valence-corrected chi connectivity index (χ3v) is 5.20. The fourth-order valence-corrected chi connectivity index (χ4v) is 3.94. The Kier molecular flexibility index (Phi) is 6.71. The number of aliphatic imine (C=N–C) groups is 1. The summed E-state index contributed by atoms with van der Waals surface area (Å²) in [4.78, 5) is 31.1. The number of amides is 2. The molecule has 0 saturated carbocycles. The van der Waals surface area contributed by atoms with Crippen molar-refractivity contribution in [3.05, 3.63) is 54.6 Å². The van der Waals surface area contributed by atoms with Crippen LogP contribution in [0.3, 0.4) is 0 Å². The van der Waals surface area contributed by atoms with Crippen LogP contribution in [0, 0.1) is 0 Å². The molecule has 0 radical (unpaired) electrons. The van der Waals surface area contributed by atoms with Crippen LogP contribution in [0.5, 0.6) is 5.75 Å². The third kappa shape index (κ3) is 4.72. The second kappa shape index (κ2) is 9.41. The van der Waals surface area contributed by atoms with E-state index < -0.39 is 5.25 Å². The summed E-state index contributed by atoms with van der Waals surface area (Å²) in [5.74, 6) is 0.278. The van der Waals surface area contributed by atoms with Crippen LogP contribution in [0.2, 0.25) is 0 Å². The van der Waals surface area contributed by atoms with Gasteiger partial charge in [-0.25, -0.2) is 4.90 Å². The van der Waals surface area contributed by atoms with E-state index >= 15 is 0 Å². The van der Waals surface area contributed by atoms with Gasteiger partial charge in [0, 0.05) is 18.7 Å². The number of nitrogens with zero attached hydrogens (tertiary/aromatic N) is 2. The van der Waals surface area contributed by atoms with E-state index in [2.05, 4.69) is 10.3 Å². The van der Waals surface area contributed by atoms with E-state index in [0.717, 1.165) is 5.69 Å². The SMILES string of the molecule is CCN=C(Nc1ccccc1)S[C@@H]1CC(=O)N(c2ccc(OCC)cc2)C1=O. The fourth-order valence-electron chi connectivity index (χ4n) is 2.86. The Hall–Kier alpha value is -2.80. The molecule has 6 nitrogen and oxygen atoms in total. The Bertz CT molecular complexity index is 853. The first-order chi connectivity index (χ1) is 13.6. The Morgan fingerprint density at radius 2 is 1.86 bits per heavy atom. The Morgan fingerprint density at radius 3 is 2.50 bits per heavy atom. The molecule has 0 bridgehead atoms. The number of rotatable bonds is 6. The topological polar surface area (TPSA) is 71.0 Å². The average molecular weight is 398 g/mol. The van der Waals surface area contributed by atoms with Crippen molar-refractivity contribution in [1.82, 2.24) is 0 Å². The molecule has 2 aromatic carbocycles. The predicted molar refractivity (Wildman–Crippen MR) is 114 cm³/mol. The van der Waals surface area contributed by atoms with Gasteiger partial charge < -0.3 is 10.1 Å². The smallest absolute Gasteiger partial charge is 0.247 e. The molecule has 1 fully saturated rings. The number of amidine groups is 1. The van der Waals surface area contributed by atoms with Crippen LogP contribution in [0.15, 0.2) is 59.6 Å². The van der Waals surface area contributed by atoms with Crippen LogP contribution < -0.4 is 15.0 Å². The minimum absolute atomic E-state index is 0.149. The lowest BCUT2D eigenvalue weighted by molar-refractivity contribution is -0.121. The van der Waals surface area contributed by atoms with Crippen LogP contribution in [0.4, 0.5) is 11.4 Å². The molecule has 1 heterocycles. The maximum Gasteiger partial charge on any atom is 0.247 e. The van der Waals surface area contributed by atoms with Gasteiger partial charge in [-0.05, 0) is 50.2 Å². The lowest BCUT2D eigenvalue weighted by Gasteiger charge is -2.16. The van der Waals surface area contributed by atoms with Gasteiger partial charge in [-0.15, -0.1) is 0 Å². The summed E-state index contributed by atoms with van der Waals surface area (Å²) < 4.78 is 5.42. The molecule has 1 N–H and O–H groups in total. The summed E-state index contributed by atoms with van der Waals surface area (Å²) in [5.41, 5.74) is 1.45. The fraction of sp³-hybridized carbons (Fsp3) is 0.286. The van der Waals surface area contributed by atoms with Gasteiger partial charge in [-0.1, -0.05) is 30.0 Å². The minimum atomic E-state index is -0.499. The number of ether oxygens (including phenoxy) is 1. The highest BCUT2D eigenvalue weighted by Crippen LogP contribution is 2.31. The van der Waals surface area contributed by atoms with Crippen molar-refractivity contribution in [2.24, 2.45) is 4.99 Å². The highest BCUT2D eigenvalue weighted by atomic mass is 32.2. The lowest BCUT2D eigenvalue weighted by atomic mass is 10.3. The number of anilines is 2. The summed E-state index contributed by atoms with van der Waals surface area (Å²) in [6.07, 6.45) is 0.149. The zero-order valence-electron chi connectivity index (χ0n) is 15.9. The third-order valence-electron chi connectivity index (χ3n) is 4.09. The van der Waals surface area contributed by atoms with Crippen molar-refractivity contribution in [2.75, 3.05) is 23.4 Å². The summed E-state index contributed by atoms with van der Waals surface area (Å²) >= 11 is 1.30. The van der Waals surface area contributed by atoms with E-state index in [9.17, 15) is 9.59 Å². The van der Waals surface area contributed by atoms with Crippen LogP contribution in [0.25, 0.3) is 0 Å². The maximum atomic E-state index is 12.9. The molecule has 2 amide bonds. The van der Waals surface area contributed by atoms with E-state index in [1.807, 2.05) is 44.2 Å². The monoisotopic (exact) mass is 397 g/mol. The number of hydrogen-bond acceptors (Lipinski definition) is 5. The van der Waals surface area contributed by atoms with Gasteiger partial charge >= 0.3 is 0 Å². The molecule has 3 rings (SSSR count). The largest absolute Gasteiger partial charge is 0.494 e. The number of thioether (sulfide) groups is 1. The molecule has 1 aliphatic heterocycles. The zero-order chi connectivity index (χ0) is 19.9. The molecule has 0 aromatic heterocycles. The molecule has 28 heavy (non-hydrogen) atoms. The Morgan fingerprint density at radius 1 is 1.14 bits per heavy atom. The van der Waals surface area contributed by atoms with Crippen LogP contribution >= 0.6 is 11.8 Å². The molecule has 0 unspecified atom stereocenters. The van der Waals surface area contributed by atoms with Crippen molar-refractivity contribution in [1.29, 1.82) is 0 Å². The molecule has 0 aliphatic carbocycles. The van der Waals surface area contributed by atoms with Gasteiger partial charge in [0.15, 0.2) is 5.17 Å². The number of hydrogen-bond donors (Lipinski definition) is 1. The first-order valence-corrected chi connectivity index (χ1v) is 10.1. The second-order valence-electron chi connectivity index (χ2n) is 6.08. The number of carbonyl (C=O) groups is 2. The minimum Gasteiger partial charge on any atom is -0.494 e. The number of carbonyl (C=O) groups excluding carboxylic acids is 2. The molecule has 1 saturated heterocycles. The molecule has 1 atom stereocenters. The van der Waals surface area contributed by atoms with E-state index in [-0.39, 0.29) is 18.2 Å². The maximum absolute atomic E-state index is 12.9. The van der Waals surface area contributed by atoms with Gasteiger partial charge in [0.1, 0.15) is 11.0 Å². The van der Waals surface area contributed by atoms with E-state index in [1.54, 1.807) is 24.3 Å². The van der Waals surface area contributed by atoms with Crippen molar-refractivity contribution in [3.63, 3.8) is 0 Å². The number of nitrogens with one attached hydrogen (secondary N) is 1. The van der Waals surface area contributed by atoms with Gasteiger partial charge in [0.25, 0.3) is 0 Å². The first kappa shape index (κ1) is 19.9. The molecular weight excluding hydrogens is 374 g/mol. The van der Waals surface area contributed by atoms with Crippen molar-refractivity contribution < 1.29 is 14.3 Å². The van der Waals surface area contributed by atoms with E-state index in [4.69, 9.17) is 4.74 Å². The lowest BCUT2D eigenvalue weighted by Crippen LogP contribution is -2.31. The van der Waals surface area contributed by atoms with E-state index in [0.29, 0.717) is 29.8 Å². The molecule has 7 heteroatoms.